The van der Waals surface area contributed by atoms with Crippen molar-refractivity contribution in [3.8, 4) is 21.1 Å². The first-order valence-electron chi connectivity index (χ1n) is 6.45. The molecule has 6 heteroatoms. The predicted octanol–water partition coefficient (Wildman–Crippen LogP) is 4.21. The van der Waals surface area contributed by atoms with Crippen molar-refractivity contribution in [3.05, 3.63) is 59.7 Å². The molecular weight excluding hydrogens is 651 g/mol. The average Bonchev–Trinajstić information content (AvgIpc) is 2.99. The van der Waals surface area contributed by atoms with Crippen molar-refractivity contribution < 1.29 is 13.3 Å². The average molecular weight is 665 g/mol. The number of benzene rings is 2. The van der Waals surface area contributed by atoms with E-state index in [1.165, 1.54) is 22.3 Å². The summed E-state index contributed by atoms with van der Waals surface area (Å²) >= 11 is 5.30. The van der Waals surface area contributed by atoms with Crippen molar-refractivity contribution in [1.29, 1.82) is 0 Å². The van der Waals surface area contributed by atoms with E-state index in [2.05, 4.69) is 99.6 Å². The van der Waals surface area contributed by atoms with Gasteiger partial charge in [-0.15, -0.1) is 0 Å². The summed E-state index contributed by atoms with van der Waals surface area (Å²) in [4.78, 5) is 4.75. The maximum absolute atomic E-state index is 4.75. The Hall–Kier alpha value is 0.610. The molecule has 1 heterocycles. The van der Waals surface area contributed by atoms with E-state index in [1.807, 2.05) is 0 Å². The van der Waals surface area contributed by atoms with Gasteiger partial charge in [0, 0.05) is 5.56 Å². The summed E-state index contributed by atoms with van der Waals surface area (Å²) in [6.07, 6.45) is 0. The van der Waals surface area contributed by atoms with Crippen LogP contribution in [0.2, 0.25) is 0 Å². The van der Waals surface area contributed by atoms with Crippen LogP contribution in [0.15, 0.2) is 48.5 Å². The van der Waals surface area contributed by atoms with Crippen molar-refractivity contribution in [2.75, 3.05) is 0 Å². The molecule has 1 nitrogen and oxygen atoms in total. The molecule has 0 radical (unpaired) electrons. The molecule has 3 rings (SSSR count). The Kier molecular flexibility index (Phi) is 8.43. The minimum absolute atomic E-state index is 0.530. The second-order valence-electron chi connectivity index (χ2n) is 4.67. The van der Waals surface area contributed by atoms with Gasteiger partial charge in [-0.2, -0.15) is 4.98 Å². The maximum atomic E-state index is 4.75. The number of hydrogen-bond acceptors (Lipinski definition) is 2. The van der Waals surface area contributed by atoms with Gasteiger partial charge in [-0.3, -0.25) is 0 Å². The minimum atomic E-state index is 0.530. The number of aryl methyl sites for hydroxylation is 2. The fourth-order valence-corrected chi connectivity index (χ4v) is 4.04. The first-order chi connectivity index (χ1) is 10.6. The van der Waals surface area contributed by atoms with Crippen molar-refractivity contribution >= 4 is 57.9 Å². The third-order valence-electron chi connectivity index (χ3n) is 3.00. The van der Waals surface area contributed by atoms with Gasteiger partial charge in [0.2, 0.25) is 0 Å². The van der Waals surface area contributed by atoms with E-state index in [1.54, 1.807) is 20.7 Å². The Morgan fingerprint density at radius 3 is 1.82 bits per heavy atom. The predicted molar refractivity (Wildman–Crippen MR) is 113 cm³/mol. The summed E-state index contributed by atoms with van der Waals surface area (Å²) in [5.74, 6) is 0. The summed E-state index contributed by atoms with van der Waals surface area (Å²) in [5, 5.41) is 2.20. The quantitative estimate of drug-likeness (QED) is 0.227. The number of hydrogen-bond donors (Lipinski definition) is 0. The Bertz CT molecular complexity index is 649. The SMILES string of the molecule is Cc1ccc(-c2nc(-c3ccc(C)cc3)[s+]s2)cc1.I[I-]I. The van der Waals surface area contributed by atoms with E-state index >= 15 is 0 Å². The standard InChI is InChI=1S/C16H14NS2.I3/c1-11-3-7-13(8-4-11)15-17-16(19-18-15)14-9-5-12(2)6-10-14;1-3-2/h3-10H,1-2H3;/q+1;-1. The molecule has 0 aliphatic heterocycles. The van der Waals surface area contributed by atoms with Gasteiger partial charge in [-0.25, -0.2) is 0 Å². The van der Waals surface area contributed by atoms with Crippen LogP contribution in [0, 0.1) is 13.8 Å². The number of aromatic nitrogens is 1. The van der Waals surface area contributed by atoms with Gasteiger partial charge in [0.25, 0.3) is 0 Å². The van der Waals surface area contributed by atoms with Crippen LogP contribution in [0.5, 0.6) is 0 Å². The molecule has 0 amide bonds. The van der Waals surface area contributed by atoms with Crippen LogP contribution in [-0.4, -0.2) is 4.98 Å². The van der Waals surface area contributed by atoms with Crippen molar-refractivity contribution in [2.45, 2.75) is 13.8 Å². The monoisotopic (exact) mass is 665 g/mol. The fourth-order valence-electron chi connectivity index (χ4n) is 1.83. The summed E-state index contributed by atoms with van der Waals surface area (Å²) in [6.45, 7) is 4.21. The fraction of sp³-hybridized carbons (Fsp3) is 0.125. The molecule has 3 aromatic rings. The first-order valence-corrected chi connectivity index (χ1v) is 21.2. The third kappa shape index (κ3) is 5.60. The Balaban J connectivity index is 0.000000545. The van der Waals surface area contributed by atoms with E-state index in [9.17, 15) is 0 Å². The number of halogens is 3. The van der Waals surface area contributed by atoms with Crippen LogP contribution >= 0.6 is 57.9 Å². The molecule has 116 valence electrons. The number of rotatable bonds is 2. The molecule has 0 bridgehead atoms. The van der Waals surface area contributed by atoms with Crippen molar-refractivity contribution in [3.63, 3.8) is 0 Å². The second-order valence-corrected chi connectivity index (χ2v) is 23.0. The number of nitrogens with zero attached hydrogens (tertiary/aromatic N) is 1. The van der Waals surface area contributed by atoms with E-state index in [0.717, 1.165) is 10.0 Å². The van der Waals surface area contributed by atoms with Crippen LogP contribution in [0.3, 0.4) is 0 Å². The Morgan fingerprint density at radius 2 is 1.32 bits per heavy atom. The zero-order chi connectivity index (χ0) is 15.9. The normalized spacial score (nSPS) is 10.2. The van der Waals surface area contributed by atoms with Crippen LogP contribution in [-0.2, 0) is 0 Å². The van der Waals surface area contributed by atoms with E-state index in [-0.39, 0.29) is 0 Å². The Labute approximate surface area is 168 Å². The van der Waals surface area contributed by atoms with Gasteiger partial charge in [-0.1, -0.05) is 47.5 Å². The molecule has 0 saturated carbocycles. The van der Waals surface area contributed by atoms with E-state index in [0.29, 0.717) is 13.3 Å². The summed E-state index contributed by atoms with van der Waals surface area (Å²) < 4.78 is 0. The molecule has 0 aliphatic rings. The zero-order valence-electron chi connectivity index (χ0n) is 12.0. The molecule has 0 spiro atoms. The van der Waals surface area contributed by atoms with Gasteiger partial charge >= 0.3 is 65.8 Å². The molecule has 2 aromatic carbocycles. The van der Waals surface area contributed by atoms with Crippen LogP contribution < -0.4 is 13.3 Å². The molecule has 0 unspecified atom stereocenters. The summed E-state index contributed by atoms with van der Waals surface area (Å²) in [6, 6.07) is 17.1. The van der Waals surface area contributed by atoms with Gasteiger partial charge in [0.1, 0.15) is 0 Å². The van der Waals surface area contributed by atoms with Gasteiger partial charge in [0.15, 0.2) is 15.3 Å². The molecule has 0 aliphatic carbocycles. The van der Waals surface area contributed by atoms with Crippen LogP contribution in [0.4, 0.5) is 0 Å². The first kappa shape index (κ1) is 18.9. The third-order valence-corrected chi connectivity index (χ3v) is 5.25. The van der Waals surface area contributed by atoms with Crippen molar-refractivity contribution in [2.24, 2.45) is 0 Å². The van der Waals surface area contributed by atoms with Crippen LogP contribution in [0.25, 0.3) is 21.1 Å². The van der Waals surface area contributed by atoms with E-state index in [4.69, 9.17) is 4.98 Å². The van der Waals surface area contributed by atoms with Crippen LogP contribution in [0.1, 0.15) is 11.1 Å². The molecule has 0 fully saturated rings. The molecule has 0 saturated heterocycles. The molecule has 0 atom stereocenters. The van der Waals surface area contributed by atoms with Gasteiger partial charge in [0.05, 0.1) is 5.56 Å². The summed E-state index contributed by atoms with van der Waals surface area (Å²) in [7, 11) is 3.48. The Morgan fingerprint density at radius 1 is 0.864 bits per heavy atom. The second kappa shape index (κ2) is 9.80. The van der Waals surface area contributed by atoms with E-state index < -0.39 is 0 Å². The molecule has 1 aromatic heterocycles. The molecule has 0 N–H and O–H groups in total. The molecular formula is C16H14I3NS2. The zero-order valence-corrected chi connectivity index (χ0v) is 20.1. The van der Waals surface area contributed by atoms with Gasteiger partial charge < -0.3 is 0 Å². The van der Waals surface area contributed by atoms with Crippen molar-refractivity contribution in [1.82, 2.24) is 4.98 Å². The molecule has 22 heavy (non-hydrogen) atoms. The topological polar surface area (TPSA) is 12.9 Å². The van der Waals surface area contributed by atoms with Gasteiger partial charge in [-0.05, 0) is 26.0 Å². The summed E-state index contributed by atoms with van der Waals surface area (Å²) in [5.41, 5.74) is 4.96.